The highest BCUT2D eigenvalue weighted by Gasteiger charge is 2.50. The third-order valence-corrected chi connectivity index (χ3v) is 7.79. The number of ether oxygens (including phenoxy) is 1. The minimum absolute atomic E-state index is 0.0328. The number of benzene rings is 2. The predicted molar refractivity (Wildman–Crippen MR) is 121 cm³/mol. The Morgan fingerprint density at radius 2 is 1.88 bits per heavy atom. The number of carbonyl (C=O) groups is 1. The number of piperidine rings is 3. The lowest BCUT2D eigenvalue weighted by atomic mass is 9.79. The molecule has 0 aromatic heterocycles. The van der Waals surface area contributed by atoms with Gasteiger partial charge < -0.3 is 14.7 Å². The molecule has 170 valence electrons. The van der Waals surface area contributed by atoms with Gasteiger partial charge in [-0.05, 0) is 84.6 Å². The number of amides is 1. The summed E-state index contributed by atoms with van der Waals surface area (Å²) in [6.07, 6.45) is 1.91. The van der Waals surface area contributed by atoms with Crippen LogP contribution < -0.4 is 4.74 Å². The number of halogens is 1. The maximum Gasteiger partial charge on any atom is 0.408 e. The van der Waals surface area contributed by atoms with Gasteiger partial charge >= 0.3 is 6.09 Å². The van der Waals surface area contributed by atoms with Crippen LogP contribution in [0.2, 0.25) is 0 Å². The second kappa shape index (κ2) is 7.77. The predicted octanol–water partition coefficient (Wildman–Crippen LogP) is 5.20. The Kier molecular flexibility index (Phi) is 5.16. The van der Waals surface area contributed by atoms with E-state index in [-0.39, 0.29) is 23.3 Å². The fourth-order valence-electron chi connectivity index (χ4n) is 6.26. The van der Waals surface area contributed by atoms with Gasteiger partial charge in [0, 0.05) is 12.1 Å². The summed E-state index contributed by atoms with van der Waals surface area (Å²) in [5, 5.41) is 10.3. The third kappa shape index (κ3) is 3.45. The number of hydrogen-bond acceptors (Lipinski definition) is 3. The fraction of sp³-hybridized carbons (Fsp3) is 0.500. The van der Waals surface area contributed by atoms with Crippen molar-refractivity contribution < 1.29 is 19.0 Å². The molecule has 1 aliphatic carbocycles. The average molecular weight is 439 g/mol. The summed E-state index contributed by atoms with van der Waals surface area (Å²) in [5.41, 5.74) is 2.90. The van der Waals surface area contributed by atoms with Crippen molar-refractivity contribution in [3.63, 3.8) is 0 Å². The molecule has 1 N–H and O–H groups in total. The lowest BCUT2D eigenvalue weighted by Gasteiger charge is -2.51. The Hall–Kier alpha value is -2.60. The number of fused-ring (bicyclic) bond motifs is 4. The molecule has 6 heteroatoms. The van der Waals surface area contributed by atoms with E-state index in [1.54, 1.807) is 18.1 Å². The summed E-state index contributed by atoms with van der Waals surface area (Å²) in [6.45, 7) is 7.11. The Morgan fingerprint density at radius 3 is 2.44 bits per heavy atom. The highest BCUT2D eigenvalue weighted by Crippen LogP contribution is 2.52. The average Bonchev–Trinajstić information content (AvgIpc) is 3.03. The van der Waals surface area contributed by atoms with Gasteiger partial charge in [0.25, 0.3) is 0 Å². The van der Waals surface area contributed by atoms with E-state index in [1.807, 2.05) is 30.3 Å². The molecule has 3 heterocycles. The molecule has 2 bridgehead atoms. The van der Waals surface area contributed by atoms with Crippen LogP contribution in [-0.2, 0) is 6.42 Å². The number of rotatable bonds is 4. The van der Waals surface area contributed by atoms with Crippen LogP contribution in [0.1, 0.15) is 43.9 Å². The smallest absolute Gasteiger partial charge is 0.408 e. The molecule has 0 radical (unpaired) electrons. The normalized spacial score (nSPS) is 27.8. The van der Waals surface area contributed by atoms with E-state index in [2.05, 4.69) is 18.7 Å². The first-order valence-corrected chi connectivity index (χ1v) is 11.5. The largest absolute Gasteiger partial charge is 0.497 e. The zero-order valence-corrected chi connectivity index (χ0v) is 19.0. The Morgan fingerprint density at radius 1 is 1.19 bits per heavy atom. The zero-order valence-electron chi connectivity index (χ0n) is 19.0. The van der Waals surface area contributed by atoms with E-state index in [4.69, 9.17) is 4.74 Å². The summed E-state index contributed by atoms with van der Waals surface area (Å²) in [4.78, 5) is 16.6. The summed E-state index contributed by atoms with van der Waals surface area (Å²) in [6, 6.07) is 10.5. The van der Waals surface area contributed by atoms with Crippen molar-refractivity contribution in [1.82, 2.24) is 9.80 Å². The quantitative estimate of drug-likeness (QED) is 0.713. The van der Waals surface area contributed by atoms with Gasteiger partial charge in [0.1, 0.15) is 11.6 Å². The van der Waals surface area contributed by atoms with E-state index in [1.165, 1.54) is 0 Å². The van der Waals surface area contributed by atoms with Gasteiger partial charge in [-0.1, -0.05) is 26.0 Å². The monoisotopic (exact) mass is 438 g/mol. The van der Waals surface area contributed by atoms with Gasteiger partial charge in [0.05, 0.1) is 19.2 Å². The van der Waals surface area contributed by atoms with E-state index < -0.39 is 6.09 Å². The molecule has 5 nitrogen and oxygen atoms in total. The zero-order chi connectivity index (χ0) is 22.6. The molecule has 2 aromatic carbocycles. The fourth-order valence-corrected chi connectivity index (χ4v) is 6.26. The Balaban J connectivity index is 1.55. The Labute approximate surface area is 188 Å². The molecule has 0 spiro atoms. The third-order valence-electron chi connectivity index (χ3n) is 7.79. The SMILES string of the molecule is COc1ccc(-c2cc3c(cc2F)[C@H](N(C(=O)O)[C@@H]2CN4CCC2CC4)C(C)(C)C3)cc1. The van der Waals surface area contributed by atoms with Gasteiger partial charge in [-0.2, -0.15) is 0 Å². The van der Waals surface area contributed by atoms with Crippen molar-refractivity contribution in [1.29, 1.82) is 0 Å². The van der Waals surface area contributed by atoms with Crippen LogP contribution in [-0.4, -0.2) is 53.8 Å². The number of carboxylic acid groups (broad SMARTS) is 1. The standard InChI is InChI=1S/C26H31FN2O3/c1-26(2)14-18-12-20(16-4-6-19(32-3)7-5-16)22(27)13-21(18)24(26)29(25(30)31)23-15-28-10-8-17(23)9-11-28/h4-7,12-13,17,23-24H,8-11,14-15H2,1-3H3,(H,30,31)/t23-,24+/m1/s1. The summed E-state index contributed by atoms with van der Waals surface area (Å²) < 4.78 is 20.6. The van der Waals surface area contributed by atoms with Crippen molar-refractivity contribution in [2.24, 2.45) is 11.3 Å². The van der Waals surface area contributed by atoms with E-state index >= 15 is 4.39 Å². The first kappa shape index (κ1) is 21.3. The molecular weight excluding hydrogens is 407 g/mol. The van der Waals surface area contributed by atoms with Crippen LogP contribution in [0.4, 0.5) is 9.18 Å². The maximum atomic E-state index is 15.4. The van der Waals surface area contributed by atoms with Crippen LogP contribution in [0.3, 0.4) is 0 Å². The van der Waals surface area contributed by atoms with E-state index in [9.17, 15) is 9.90 Å². The molecule has 6 rings (SSSR count). The summed E-state index contributed by atoms with van der Waals surface area (Å²) in [5.74, 6) is 0.807. The van der Waals surface area contributed by atoms with Gasteiger partial charge in [-0.25, -0.2) is 9.18 Å². The van der Waals surface area contributed by atoms with Gasteiger partial charge in [0.15, 0.2) is 0 Å². The molecule has 3 saturated heterocycles. The first-order valence-electron chi connectivity index (χ1n) is 11.5. The van der Waals surface area contributed by atoms with E-state index in [0.717, 1.165) is 61.3 Å². The molecule has 0 saturated carbocycles. The number of methoxy groups -OCH3 is 1. The van der Waals surface area contributed by atoms with Crippen LogP contribution in [0.5, 0.6) is 5.75 Å². The summed E-state index contributed by atoms with van der Waals surface area (Å²) in [7, 11) is 1.61. The number of nitrogens with zero attached hydrogens (tertiary/aromatic N) is 2. The van der Waals surface area contributed by atoms with Crippen LogP contribution in [0.15, 0.2) is 36.4 Å². The van der Waals surface area contributed by atoms with Gasteiger partial charge in [0.2, 0.25) is 0 Å². The second-order valence-electron chi connectivity index (χ2n) is 10.2. The topological polar surface area (TPSA) is 53.0 Å². The molecule has 0 unspecified atom stereocenters. The summed E-state index contributed by atoms with van der Waals surface area (Å²) >= 11 is 0. The van der Waals surface area contributed by atoms with Gasteiger partial charge in [-0.3, -0.25) is 4.90 Å². The lowest BCUT2D eigenvalue weighted by molar-refractivity contribution is -0.0267. The minimum atomic E-state index is -0.894. The molecule has 4 aliphatic rings. The molecule has 2 aromatic rings. The van der Waals surface area contributed by atoms with Crippen molar-refractivity contribution in [3.8, 4) is 16.9 Å². The maximum absolute atomic E-state index is 15.4. The highest BCUT2D eigenvalue weighted by atomic mass is 19.1. The minimum Gasteiger partial charge on any atom is -0.497 e. The van der Waals surface area contributed by atoms with Gasteiger partial charge in [-0.15, -0.1) is 0 Å². The van der Waals surface area contributed by atoms with Crippen molar-refractivity contribution in [3.05, 3.63) is 53.3 Å². The Bertz CT molecular complexity index is 1030. The molecular formula is C26H31FN2O3. The van der Waals surface area contributed by atoms with E-state index in [0.29, 0.717) is 11.5 Å². The van der Waals surface area contributed by atoms with Crippen molar-refractivity contribution >= 4 is 6.09 Å². The van der Waals surface area contributed by atoms with Crippen LogP contribution >= 0.6 is 0 Å². The first-order chi connectivity index (χ1) is 15.3. The highest BCUT2D eigenvalue weighted by molar-refractivity contribution is 5.70. The number of hydrogen-bond donors (Lipinski definition) is 1. The van der Waals surface area contributed by atoms with Crippen LogP contribution in [0, 0.1) is 17.2 Å². The second-order valence-corrected chi connectivity index (χ2v) is 10.2. The lowest BCUT2D eigenvalue weighted by Crippen LogP contribution is -2.60. The van der Waals surface area contributed by atoms with Crippen molar-refractivity contribution in [2.45, 2.75) is 45.2 Å². The van der Waals surface area contributed by atoms with Crippen LogP contribution in [0.25, 0.3) is 11.1 Å². The molecule has 1 amide bonds. The molecule has 2 atom stereocenters. The molecule has 3 aliphatic heterocycles. The van der Waals surface area contributed by atoms with Crippen molar-refractivity contribution in [2.75, 3.05) is 26.7 Å². The molecule has 3 fully saturated rings. The molecule has 32 heavy (non-hydrogen) atoms.